The molecule has 13 heavy (non-hydrogen) atoms. The molecule has 0 unspecified atom stereocenters. The predicted octanol–water partition coefficient (Wildman–Crippen LogP) is 1.80. The van der Waals surface area contributed by atoms with Crippen LogP contribution >= 0.6 is 0 Å². The molecule has 2 heterocycles. The van der Waals surface area contributed by atoms with Crippen molar-refractivity contribution in [1.82, 2.24) is 9.78 Å². The molecule has 2 rings (SSSR count). The van der Waals surface area contributed by atoms with E-state index < -0.39 is 6.43 Å². The first-order valence-corrected chi connectivity index (χ1v) is 4.07. The van der Waals surface area contributed by atoms with Crippen molar-refractivity contribution in [3.63, 3.8) is 0 Å². The smallest absolute Gasteiger partial charge is 0.282 e. The zero-order valence-electron chi connectivity index (χ0n) is 6.83. The normalized spacial score (nSPS) is 16.4. The molecule has 0 aliphatic carbocycles. The third-order valence-corrected chi connectivity index (χ3v) is 2.08. The van der Waals surface area contributed by atoms with Gasteiger partial charge in [0.05, 0.1) is 0 Å². The van der Waals surface area contributed by atoms with Crippen LogP contribution in [0, 0.1) is 0 Å². The third kappa shape index (κ3) is 1.34. The second-order valence-electron chi connectivity index (χ2n) is 3.01. The van der Waals surface area contributed by atoms with Crippen LogP contribution in [0.2, 0.25) is 0 Å². The van der Waals surface area contributed by atoms with Crippen LogP contribution in [0.25, 0.3) is 0 Å². The average Bonchev–Trinajstić information content (AvgIpc) is 2.49. The minimum Gasteiger partial charge on any atom is -0.292 e. The molecule has 0 spiro atoms. The Hall–Kier alpha value is -1.26. The molecule has 3 nitrogen and oxygen atoms in total. The molecule has 0 amide bonds. The summed E-state index contributed by atoms with van der Waals surface area (Å²) < 4.78 is 25.8. The number of hydrogen-bond donors (Lipinski definition) is 0. The number of carbonyl (C=O) groups excluding carboxylic acids is 1. The highest BCUT2D eigenvalue weighted by Crippen LogP contribution is 2.22. The van der Waals surface area contributed by atoms with Crippen LogP contribution in [0.3, 0.4) is 0 Å². The largest absolute Gasteiger partial charge is 0.292 e. The van der Waals surface area contributed by atoms with Gasteiger partial charge in [0, 0.05) is 13.0 Å². The Kier molecular flexibility index (Phi) is 1.86. The van der Waals surface area contributed by atoms with Crippen molar-refractivity contribution >= 4 is 5.78 Å². The van der Waals surface area contributed by atoms with E-state index in [1.54, 1.807) is 0 Å². The van der Waals surface area contributed by atoms with E-state index in [1.165, 1.54) is 10.7 Å². The van der Waals surface area contributed by atoms with E-state index in [9.17, 15) is 13.6 Å². The van der Waals surface area contributed by atoms with Crippen molar-refractivity contribution in [2.75, 3.05) is 0 Å². The lowest BCUT2D eigenvalue weighted by atomic mass is 10.1. The van der Waals surface area contributed by atoms with Gasteiger partial charge in [-0.15, -0.1) is 0 Å². The molecule has 0 radical (unpaired) electrons. The van der Waals surface area contributed by atoms with Crippen molar-refractivity contribution in [2.45, 2.75) is 25.8 Å². The van der Waals surface area contributed by atoms with Gasteiger partial charge in [0.15, 0.2) is 5.78 Å². The van der Waals surface area contributed by atoms with E-state index in [2.05, 4.69) is 5.10 Å². The van der Waals surface area contributed by atoms with E-state index in [1.807, 2.05) is 0 Å². The standard InChI is InChI=1S/C8H8F2N2O/c9-8(10)5-4-6-7(13)2-1-3-12(6)11-5/h4,8H,1-3H2. The van der Waals surface area contributed by atoms with Gasteiger partial charge in [-0.25, -0.2) is 8.78 Å². The summed E-state index contributed by atoms with van der Waals surface area (Å²) in [5.41, 5.74) is 0.0202. The first-order chi connectivity index (χ1) is 6.18. The molecule has 0 bridgehead atoms. The van der Waals surface area contributed by atoms with E-state index >= 15 is 0 Å². The quantitative estimate of drug-likeness (QED) is 0.670. The highest BCUT2D eigenvalue weighted by atomic mass is 19.3. The fourth-order valence-electron chi connectivity index (χ4n) is 1.46. The second-order valence-corrected chi connectivity index (χ2v) is 3.01. The number of nitrogens with zero attached hydrogens (tertiary/aromatic N) is 2. The molecular formula is C8H8F2N2O. The molecular weight excluding hydrogens is 178 g/mol. The number of fused-ring (bicyclic) bond motifs is 1. The van der Waals surface area contributed by atoms with Crippen LogP contribution in [0.4, 0.5) is 8.78 Å². The predicted molar refractivity (Wildman–Crippen MR) is 40.7 cm³/mol. The Bertz CT molecular complexity index is 346. The molecule has 0 fully saturated rings. The van der Waals surface area contributed by atoms with Crippen molar-refractivity contribution in [2.24, 2.45) is 0 Å². The van der Waals surface area contributed by atoms with Gasteiger partial charge in [-0.05, 0) is 12.5 Å². The number of alkyl halides is 2. The summed E-state index contributed by atoms with van der Waals surface area (Å²) >= 11 is 0. The summed E-state index contributed by atoms with van der Waals surface area (Å²) in [5.74, 6) is -0.0920. The Morgan fingerprint density at radius 2 is 2.31 bits per heavy atom. The highest BCUT2D eigenvalue weighted by molar-refractivity contribution is 5.95. The van der Waals surface area contributed by atoms with Crippen molar-refractivity contribution in [1.29, 1.82) is 0 Å². The van der Waals surface area contributed by atoms with Crippen LogP contribution in [0.1, 0.15) is 35.4 Å². The van der Waals surface area contributed by atoms with Crippen LogP contribution in [-0.4, -0.2) is 15.6 Å². The summed E-state index contributed by atoms with van der Waals surface area (Å²) in [7, 11) is 0. The molecule has 0 atom stereocenters. The molecule has 0 saturated heterocycles. The van der Waals surface area contributed by atoms with E-state index in [4.69, 9.17) is 0 Å². The number of Topliss-reactive ketones (excluding diaryl/α,β-unsaturated/α-hetero) is 1. The highest BCUT2D eigenvalue weighted by Gasteiger charge is 2.22. The molecule has 1 aromatic rings. The maximum Gasteiger partial charge on any atom is 0.282 e. The zero-order valence-corrected chi connectivity index (χ0v) is 6.83. The maximum atomic E-state index is 12.2. The van der Waals surface area contributed by atoms with Gasteiger partial charge in [0.2, 0.25) is 0 Å². The summed E-state index contributed by atoms with van der Waals surface area (Å²) in [4.78, 5) is 11.2. The van der Waals surface area contributed by atoms with Crippen molar-refractivity contribution in [3.05, 3.63) is 17.5 Å². The Balaban J connectivity index is 2.42. The summed E-state index contributed by atoms with van der Waals surface area (Å²) in [6.07, 6.45) is -1.46. The molecule has 0 aromatic carbocycles. The van der Waals surface area contributed by atoms with Crippen LogP contribution in [0.15, 0.2) is 6.07 Å². The lowest BCUT2D eigenvalue weighted by Crippen LogP contribution is -2.16. The maximum absolute atomic E-state index is 12.2. The van der Waals surface area contributed by atoms with E-state index in [0.29, 0.717) is 25.1 Å². The number of aryl methyl sites for hydroxylation is 1. The minimum absolute atomic E-state index is 0.0920. The van der Waals surface area contributed by atoms with Crippen molar-refractivity contribution in [3.8, 4) is 0 Å². The first-order valence-electron chi connectivity index (χ1n) is 4.07. The monoisotopic (exact) mass is 186 g/mol. The van der Waals surface area contributed by atoms with Crippen LogP contribution in [-0.2, 0) is 6.54 Å². The molecule has 0 saturated carbocycles. The SMILES string of the molecule is O=C1CCCn2nc(C(F)F)cc21. The summed E-state index contributed by atoms with van der Waals surface area (Å²) in [6.45, 7) is 0.563. The average molecular weight is 186 g/mol. The van der Waals surface area contributed by atoms with Crippen LogP contribution in [0.5, 0.6) is 0 Å². The Morgan fingerprint density at radius 1 is 1.54 bits per heavy atom. The zero-order chi connectivity index (χ0) is 9.42. The van der Waals surface area contributed by atoms with Gasteiger partial charge in [0.1, 0.15) is 11.4 Å². The fraction of sp³-hybridized carbons (Fsp3) is 0.500. The molecule has 1 aliphatic heterocycles. The van der Waals surface area contributed by atoms with Gasteiger partial charge in [-0.2, -0.15) is 5.10 Å². The molecule has 1 aromatic heterocycles. The van der Waals surface area contributed by atoms with Gasteiger partial charge < -0.3 is 0 Å². The Labute approximate surface area is 73.4 Å². The second kappa shape index (κ2) is 2.90. The van der Waals surface area contributed by atoms with Gasteiger partial charge in [-0.1, -0.05) is 0 Å². The third-order valence-electron chi connectivity index (χ3n) is 2.08. The first kappa shape index (κ1) is 8.34. The summed E-state index contributed by atoms with van der Waals surface area (Å²) in [5, 5.41) is 3.65. The van der Waals surface area contributed by atoms with E-state index in [0.717, 1.165) is 0 Å². The van der Waals surface area contributed by atoms with Gasteiger partial charge >= 0.3 is 0 Å². The van der Waals surface area contributed by atoms with Crippen LogP contribution < -0.4 is 0 Å². The topological polar surface area (TPSA) is 34.9 Å². The van der Waals surface area contributed by atoms with Gasteiger partial charge in [-0.3, -0.25) is 9.48 Å². The number of aromatic nitrogens is 2. The lowest BCUT2D eigenvalue weighted by molar-refractivity contribution is 0.0951. The number of halogens is 2. The molecule has 0 N–H and O–H groups in total. The number of hydrogen-bond acceptors (Lipinski definition) is 2. The minimum atomic E-state index is -2.59. The van der Waals surface area contributed by atoms with E-state index in [-0.39, 0.29) is 11.5 Å². The van der Waals surface area contributed by atoms with Crippen molar-refractivity contribution < 1.29 is 13.6 Å². The number of carbonyl (C=O) groups is 1. The number of rotatable bonds is 1. The Morgan fingerprint density at radius 3 is 2.92 bits per heavy atom. The number of ketones is 1. The molecule has 5 heteroatoms. The lowest BCUT2D eigenvalue weighted by Gasteiger charge is -2.10. The summed E-state index contributed by atoms with van der Waals surface area (Å²) in [6, 6.07) is 1.19. The molecule has 1 aliphatic rings. The fourth-order valence-corrected chi connectivity index (χ4v) is 1.46. The molecule has 70 valence electrons. The van der Waals surface area contributed by atoms with Gasteiger partial charge in [0.25, 0.3) is 6.43 Å².